The van der Waals surface area contributed by atoms with E-state index in [4.69, 9.17) is 5.11 Å². The van der Waals surface area contributed by atoms with E-state index in [-0.39, 0.29) is 23.8 Å². The molecule has 1 unspecified atom stereocenters. The van der Waals surface area contributed by atoms with Gasteiger partial charge in [-0.1, -0.05) is 13.3 Å². The number of rotatable bonds is 7. The van der Waals surface area contributed by atoms with Crippen molar-refractivity contribution in [3.63, 3.8) is 0 Å². The van der Waals surface area contributed by atoms with Crippen molar-refractivity contribution in [2.24, 2.45) is 5.92 Å². The van der Waals surface area contributed by atoms with Gasteiger partial charge in [0.05, 0.1) is 0 Å². The minimum absolute atomic E-state index is 0.0482. The third kappa shape index (κ3) is 5.25. The third-order valence-electron chi connectivity index (χ3n) is 2.59. The van der Waals surface area contributed by atoms with E-state index in [1.54, 1.807) is 0 Å². The van der Waals surface area contributed by atoms with Crippen LogP contribution in [0, 0.1) is 5.92 Å². The van der Waals surface area contributed by atoms with Gasteiger partial charge in [0.25, 0.3) is 0 Å². The molecule has 8 heteroatoms. The number of hydrogen-bond donors (Lipinski definition) is 2. The van der Waals surface area contributed by atoms with Crippen LogP contribution in [0.4, 0.5) is 0 Å². The smallest absolute Gasteiger partial charge is 0.303 e. The Morgan fingerprint density at radius 3 is 2.74 bits per heavy atom. The fraction of sp³-hybridized carbons (Fsp3) is 0.455. The molecule has 0 aliphatic rings. The summed E-state index contributed by atoms with van der Waals surface area (Å²) in [6.07, 6.45) is 3.25. The highest BCUT2D eigenvalue weighted by atomic mass is 79.9. The van der Waals surface area contributed by atoms with Gasteiger partial charge in [0, 0.05) is 29.8 Å². The van der Waals surface area contributed by atoms with Crippen molar-refractivity contribution < 1.29 is 18.3 Å². The lowest BCUT2D eigenvalue weighted by molar-refractivity contribution is -0.138. The zero-order chi connectivity index (χ0) is 14.5. The van der Waals surface area contributed by atoms with Gasteiger partial charge in [0.1, 0.15) is 4.90 Å². The van der Waals surface area contributed by atoms with Crippen LogP contribution >= 0.6 is 15.9 Å². The number of aliphatic carboxylic acids is 1. The number of pyridine rings is 1. The number of halogens is 1. The van der Waals surface area contributed by atoms with E-state index >= 15 is 0 Å². The van der Waals surface area contributed by atoms with E-state index in [1.165, 1.54) is 18.5 Å². The quantitative estimate of drug-likeness (QED) is 0.778. The number of nitrogens with zero attached hydrogens (tertiary/aromatic N) is 1. The maximum atomic E-state index is 12.0. The molecule has 1 atom stereocenters. The number of carbonyl (C=O) groups is 1. The van der Waals surface area contributed by atoms with Crippen LogP contribution < -0.4 is 4.72 Å². The summed E-state index contributed by atoms with van der Waals surface area (Å²) < 4.78 is 26.9. The predicted molar refractivity (Wildman–Crippen MR) is 73.2 cm³/mol. The standard InChI is InChI=1S/C11H15BrN2O4S/c1-2-8(3-11(15)16)5-14-19(17,18)10-4-9(12)6-13-7-10/h4,6-8,14H,2-3,5H2,1H3,(H,15,16). The third-order valence-corrected chi connectivity index (χ3v) is 4.42. The molecular formula is C11H15BrN2O4S. The van der Waals surface area contributed by atoms with Gasteiger partial charge >= 0.3 is 5.97 Å². The largest absolute Gasteiger partial charge is 0.481 e. The van der Waals surface area contributed by atoms with Crippen molar-refractivity contribution in [2.75, 3.05) is 6.54 Å². The van der Waals surface area contributed by atoms with Crippen LogP contribution in [0.2, 0.25) is 0 Å². The van der Waals surface area contributed by atoms with Crippen LogP contribution in [0.25, 0.3) is 0 Å². The normalized spacial score (nSPS) is 13.2. The van der Waals surface area contributed by atoms with E-state index < -0.39 is 16.0 Å². The van der Waals surface area contributed by atoms with E-state index in [1.807, 2.05) is 6.92 Å². The van der Waals surface area contributed by atoms with Gasteiger partial charge in [0.15, 0.2) is 0 Å². The summed E-state index contributed by atoms with van der Waals surface area (Å²) in [5.74, 6) is -1.16. The van der Waals surface area contributed by atoms with Crippen molar-refractivity contribution in [3.8, 4) is 0 Å². The van der Waals surface area contributed by atoms with Gasteiger partial charge in [-0.05, 0) is 27.9 Å². The first-order chi connectivity index (χ1) is 8.85. The van der Waals surface area contributed by atoms with E-state index in [9.17, 15) is 13.2 Å². The lowest BCUT2D eigenvalue weighted by atomic mass is 10.0. The molecule has 0 radical (unpaired) electrons. The molecule has 2 N–H and O–H groups in total. The Bertz CT molecular complexity index is 547. The predicted octanol–water partition coefficient (Wildman–Crippen LogP) is 1.62. The zero-order valence-electron chi connectivity index (χ0n) is 10.3. The number of sulfonamides is 1. The molecule has 0 spiro atoms. The number of aromatic nitrogens is 1. The number of hydrogen-bond acceptors (Lipinski definition) is 4. The number of nitrogens with one attached hydrogen (secondary N) is 1. The van der Waals surface area contributed by atoms with Gasteiger partial charge in [-0.15, -0.1) is 0 Å². The van der Waals surface area contributed by atoms with Crippen LogP contribution in [-0.4, -0.2) is 31.0 Å². The summed E-state index contributed by atoms with van der Waals surface area (Å²) in [6.45, 7) is 1.92. The Morgan fingerprint density at radius 2 is 2.21 bits per heavy atom. The summed E-state index contributed by atoms with van der Waals surface area (Å²) in [7, 11) is -3.66. The first-order valence-electron chi connectivity index (χ1n) is 5.67. The Balaban J connectivity index is 2.72. The minimum atomic E-state index is -3.66. The fourth-order valence-corrected chi connectivity index (χ4v) is 3.08. The molecule has 0 amide bonds. The molecule has 0 aliphatic heterocycles. The first-order valence-corrected chi connectivity index (χ1v) is 7.94. The highest BCUT2D eigenvalue weighted by Gasteiger charge is 2.18. The maximum absolute atomic E-state index is 12.0. The molecule has 1 heterocycles. The Kier molecular flexibility index (Phi) is 5.89. The van der Waals surface area contributed by atoms with Gasteiger partial charge < -0.3 is 5.11 Å². The highest BCUT2D eigenvalue weighted by Crippen LogP contribution is 2.15. The molecule has 1 rings (SSSR count). The van der Waals surface area contributed by atoms with Crippen molar-refractivity contribution in [2.45, 2.75) is 24.7 Å². The lowest BCUT2D eigenvalue weighted by Crippen LogP contribution is -2.30. The topological polar surface area (TPSA) is 96.4 Å². The lowest BCUT2D eigenvalue weighted by Gasteiger charge is -2.13. The molecule has 1 aromatic rings. The maximum Gasteiger partial charge on any atom is 0.303 e. The molecule has 106 valence electrons. The SMILES string of the molecule is CCC(CNS(=O)(=O)c1cncc(Br)c1)CC(=O)O. The molecule has 0 saturated carbocycles. The summed E-state index contributed by atoms with van der Waals surface area (Å²) in [6, 6.07) is 1.44. The van der Waals surface area contributed by atoms with Crippen molar-refractivity contribution in [1.82, 2.24) is 9.71 Å². The molecular weight excluding hydrogens is 336 g/mol. The molecule has 6 nitrogen and oxygen atoms in total. The summed E-state index contributed by atoms with van der Waals surface area (Å²) in [4.78, 5) is 14.4. The molecule has 0 bridgehead atoms. The highest BCUT2D eigenvalue weighted by molar-refractivity contribution is 9.10. The Labute approximate surface area is 120 Å². The second-order valence-corrected chi connectivity index (χ2v) is 6.75. The van der Waals surface area contributed by atoms with E-state index in [0.29, 0.717) is 10.9 Å². The Morgan fingerprint density at radius 1 is 1.53 bits per heavy atom. The molecule has 0 aromatic carbocycles. The second-order valence-electron chi connectivity index (χ2n) is 4.06. The van der Waals surface area contributed by atoms with Crippen LogP contribution in [-0.2, 0) is 14.8 Å². The van der Waals surface area contributed by atoms with Crippen LogP contribution in [0.5, 0.6) is 0 Å². The summed E-state index contributed by atoms with van der Waals surface area (Å²) in [5.41, 5.74) is 0. The molecule has 0 saturated heterocycles. The van der Waals surface area contributed by atoms with Crippen molar-refractivity contribution >= 4 is 31.9 Å². The average molecular weight is 351 g/mol. The first kappa shape index (κ1) is 16.1. The average Bonchev–Trinajstić information content (AvgIpc) is 2.34. The van der Waals surface area contributed by atoms with Gasteiger partial charge in [-0.2, -0.15) is 0 Å². The minimum Gasteiger partial charge on any atom is -0.481 e. The van der Waals surface area contributed by atoms with Crippen LogP contribution in [0.15, 0.2) is 27.8 Å². The summed E-state index contributed by atoms with van der Waals surface area (Å²) >= 11 is 3.15. The molecule has 0 fully saturated rings. The fourth-order valence-electron chi connectivity index (χ4n) is 1.46. The molecule has 0 aliphatic carbocycles. The second kappa shape index (κ2) is 6.97. The van der Waals surface area contributed by atoms with Crippen LogP contribution in [0.1, 0.15) is 19.8 Å². The number of carboxylic acid groups (broad SMARTS) is 1. The molecule has 19 heavy (non-hydrogen) atoms. The Hall–Kier alpha value is -0.990. The van der Waals surface area contributed by atoms with Gasteiger partial charge in [-0.25, -0.2) is 13.1 Å². The molecule has 1 aromatic heterocycles. The van der Waals surface area contributed by atoms with E-state index in [2.05, 4.69) is 25.6 Å². The zero-order valence-corrected chi connectivity index (χ0v) is 12.7. The summed E-state index contributed by atoms with van der Waals surface area (Å²) in [5, 5.41) is 8.70. The van der Waals surface area contributed by atoms with Crippen molar-refractivity contribution in [3.05, 3.63) is 22.9 Å². The van der Waals surface area contributed by atoms with Crippen LogP contribution in [0.3, 0.4) is 0 Å². The van der Waals surface area contributed by atoms with Gasteiger partial charge in [0.2, 0.25) is 10.0 Å². The van der Waals surface area contributed by atoms with Crippen molar-refractivity contribution in [1.29, 1.82) is 0 Å². The van der Waals surface area contributed by atoms with Gasteiger partial charge in [-0.3, -0.25) is 9.78 Å². The monoisotopic (exact) mass is 350 g/mol. The van der Waals surface area contributed by atoms with E-state index in [0.717, 1.165) is 0 Å². The number of carboxylic acids is 1.